The molecule has 0 radical (unpaired) electrons. The fraction of sp³-hybridized carbons (Fsp3) is 0.259. The van der Waals surface area contributed by atoms with E-state index in [1.807, 2.05) is 0 Å². The van der Waals surface area contributed by atoms with E-state index in [0.717, 1.165) is 42.8 Å². The van der Waals surface area contributed by atoms with Crippen molar-refractivity contribution >= 4 is 40.1 Å². The average molecular weight is 443 g/mol. The predicted octanol–water partition coefficient (Wildman–Crippen LogP) is 4.17. The molecular formula is C27H30N4S. The summed E-state index contributed by atoms with van der Waals surface area (Å²) in [7, 11) is 0. The molecule has 4 aromatic rings. The minimum Gasteiger partial charge on any atom is -0.372 e. The van der Waals surface area contributed by atoms with E-state index >= 15 is 0 Å². The molecule has 0 aliphatic heterocycles. The third-order valence-electron chi connectivity index (χ3n) is 5.76. The number of nitrogens with one attached hydrogen (secondary N) is 1. The maximum Gasteiger partial charge on any atom is 0.105 e. The quantitative estimate of drug-likeness (QED) is 0.416. The van der Waals surface area contributed by atoms with Crippen LogP contribution in [0.4, 0.5) is 5.69 Å². The lowest BCUT2D eigenvalue weighted by atomic mass is 9.94. The highest BCUT2D eigenvalue weighted by atomic mass is 32.1. The van der Waals surface area contributed by atoms with E-state index in [2.05, 4.69) is 113 Å². The zero-order valence-corrected chi connectivity index (χ0v) is 19.8. The highest BCUT2D eigenvalue weighted by Gasteiger charge is 2.10. The Bertz CT molecular complexity index is 1260. The van der Waals surface area contributed by atoms with Crippen LogP contribution in [0.1, 0.15) is 31.9 Å². The summed E-state index contributed by atoms with van der Waals surface area (Å²) in [5.74, 6) is 0. The maximum atomic E-state index is 4.46. The summed E-state index contributed by atoms with van der Waals surface area (Å²) in [5, 5.41) is 5.77. The van der Waals surface area contributed by atoms with Gasteiger partial charge in [0.15, 0.2) is 0 Å². The van der Waals surface area contributed by atoms with E-state index in [1.54, 1.807) is 0 Å². The molecule has 0 aliphatic carbocycles. The van der Waals surface area contributed by atoms with Crippen molar-refractivity contribution in [3.8, 4) is 0 Å². The molecule has 0 fully saturated rings. The van der Waals surface area contributed by atoms with Crippen molar-refractivity contribution in [2.45, 2.75) is 20.8 Å². The van der Waals surface area contributed by atoms with Crippen LogP contribution in [0.15, 0.2) is 66.7 Å². The molecular weight excluding hydrogens is 412 g/mol. The largest absolute Gasteiger partial charge is 0.372 e. The van der Waals surface area contributed by atoms with Crippen molar-refractivity contribution in [1.82, 2.24) is 14.1 Å². The fourth-order valence-electron chi connectivity index (χ4n) is 3.99. The van der Waals surface area contributed by atoms with Crippen LogP contribution in [-0.2, 0) is 0 Å². The van der Waals surface area contributed by atoms with Gasteiger partial charge in [0, 0.05) is 25.3 Å². The Balaban J connectivity index is 1.83. The molecule has 0 saturated carbocycles. The number of nitrogens with zero attached hydrogens (tertiary/aromatic N) is 3. The molecule has 4 rings (SSSR count). The van der Waals surface area contributed by atoms with Gasteiger partial charge in [-0.05, 0) is 71.8 Å². The number of benzene rings is 3. The lowest BCUT2D eigenvalue weighted by molar-refractivity contribution is 0.815. The molecule has 0 bridgehead atoms. The van der Waals surface area contributed by atoms with Crippen LogP contribution in [0, 0.1) is 0 Å². The van der Waals surface area contributed by atoms with Gasteiger partial charge < -0.3 is 10.2 Å². The summed E-state index contributed by atoms with van der Waals surface area (Å²) in [6.45, 7) is 10.4. The molecule has 4 nitrogen and oxygen atoms in total. The first-order valence-electron chi connectivity index (χ1n) is 11.3. The molecule has 1 aromatic heterocycles. The van der Waals surface area contributed by atoms with E-state index in [4.69, 9.17) is 0 Å². The third-order valence-corrected chi connectivity index (χ3v) is 6.32. The van der Waals surface area contributed by atoms with Crippen LogP contribution in [-0.4, -0.2) is 34.9 Å². The van der Waals surface area contributed by atoms with Gasteiger partial charge in [-0.2, -0.15) is 8.75 Å². The molecule has 1 heterocycles. The molecule has 0 aliphatic rings. The monoisotopic (exact) mass is 442 g/mol. The molecule has 5 heteroatoms. The van der Waals surface area contributed by atoms with E-state index in [0.29, 0.717) is 0 Å². The van der Waals surface area contributed by atoms with E-state index in [9.17, 15) is 0 Å². The smallest absolute Gasteiger partial charge is 0.105 e. The zero-order valence-electron chi connectivity index (χ0n) is 19.0. The number of anilines is 1. The first-order chi connectivity index (χ1) is 15.7. The molecule has 32 heavy (non-hydrogen) atoms. The van der Waals surface area contributed by atoms with Crippen LogP contribution >= 0.6 is 11.7 Å². The van der Waals surface area contributed by atoms with Crippen molar-refractivity contribution in [1.29, 1.82) is 0 Å². The Morgan fingerprint density at radius 3 is 2.22 bits per heavy atom. The standard InChI is InChI=1S/C27H30N4S/c1-4-28-18-17-20-7-9-21(10-8-20)27(23-13-16-25-26(19-23)30-32-29-25)22-11-14-24(15-12-22)31(5-2)6-3/h7-17,19,28H,4-6,18H2,1-3H3. The van der Waals surface area contributed by atoms with E-state index in [1.165, 1.54) is 39.0 Å². The molecule has 0 unspecified atom stereocenters. The number of rotatable bonds is 8. The van der Waals surface area contributed by atoms with Gasteiger partial charge in [-0.1, -0.05) is 55.5 Å². The van der Waals surface area contributed by atoms with E-state index < -0.39 is 0 Å². The highest BCUT2D eigenvalue weighted by Crippen LogP contribution is 2.26. The van der Waals surface area contributed by atoms with Crippen molar-refractivity contribution in [2.24, 2.45) is 0 Å². The van der Waals surface area contributed by atoms with Gasteiger partial charge in [-0.25, -0.2) is 0 Å². The van der Waals surface area contributed by atoms with Gasteiger partial charge in [0.25, 0.3) is 0 Å². The summed E-state index contributed by atoms with van der Waals surface area (Å²) < 4.78 is 8.83. The van der Waals surface area contributed by atoms with Crippen LogP contribution in [0.5, 0.6) is 0 Å². The third kappa shape index (κ3) is 4.90. The molecule has 3 aromatic carbocycles. The van der Waals surface area contributed by atoms with Gasteiger partial charge >= 0.3 is 0 Å². The molecule has 1 N–H and O–H groups in total. The zero-order chi connectivity index (χ0) is 22.3. The maximum absolute atomic E-state index is 4.46. The van der Waals surface area contributed by atoms with Gasteiger partial charge in [0.2, 0.25) is 0 Å². The number of hydrogen-bond donors (Lipinski definition) is 1. The summed E-state index contributed by atoms with van der Waals surface area (Å²) in [4.78, 5) is 2.37. The Hall–Kier alpha value is -3.02. The lowest BCUT2D eigenvalue weighted by Crippen LogP contribution is -2.21. The van der Waals surface area contributed by atoms with Gasteiger partial charge in [0.05, 0.1) is 11.7 Å². The van der Waals surface area contributed by atoms with Crippen molar-refractivity contribution < 1.29 is 0 Å². The first-order valence-corrected chi connectivity index (χ1v) is 12.1. The van der Waals surface area contributed by atoms with E-state index in [-0.39, 0.29) is 0 Å². The van der Waals surface area contributed by atoms with Crippen LogP contribution < -0.4 is 20.7 Å². The second kappa shape index (κ2) is 10.5. The van der Waals surface area contributed by atoms with Crippen LogP contribution in [0.3, 0.4) is 0 Å². The summed E-state index contributed by atoms with van der Waals surface area (Å²) >= 11 is 1.26. The number of hydrogen-bond acceptors (Lipinski definition) is 5. The van der Waals surface area contributed by atoms with Crippen LogP contribution in [0.2, 0.25) is 0 Å². The molecule has 0 spiro atoms. The average Bonchev–Trinajstić information content (AvgIpc) is 3.30. The minimum absolute atomic E-state index is 0.882. The Kier molecular flexibility index (Phi) is 7.30. The SMILES string of the molecule is CCNCC=c1ccc(=C(c2ccc(N(CC)CC)cc2)c2ccc3nsnc3c2)cc1. The Morgan fingerprint density at radius 2 is 1.53 bits per heavy atom. The normalized spacial score (nSPS) is 11.0. The Morgan fingerprint density at radius 1 is 0.844 bits per heavy atom. The number of aromatic nitrogens is 2. The summed E-state index contributed by atoms with van der Waals surface area (Å²) in [6, 6.07) is 24.1. The molecule has 164 valence electrons. The van der Waals surface area contributed by atoms with Gasteiger partial charge in [-0.3, -0.25) is 0 Å². The second-order valence-corrected chi connectivity index (χ2v) is 8.22. The predicted molar refractivity (Wildman–Crippen MR) is 138 cm³/mol. The van der Waals surface area contributed by atoms with Crippen molar-refractivity contribution in [3.05, 3.63) is 88.3 Å². The Labute approximate surface area is 194 Å². The second-order valence-electron chi connectivity index (χ2n) is 7.70. The van der Waals surface area contributed by atoms with Crippen LogP contribution in [0.25, 0.3) is 22.7 Å². The minimum atomic E-state index is 0.882. The van der Waals surface area contributed by atoms with Gasteiger partial charge in [0.1, 0.15) is 11.0 Å². The fourth-order valence-corrected chi connectivity index (χ4v) is 4.50. The highest BCUT2D eigenvalue weighted by molar-refractivity contribution is 7.00. The number of fused-ring (bicyclic) bond motifs is 1. The summed E-state index contributed by atoms with van der Waals surface area (Å²) in [5.41, 5.74) is 6.72. The lowest BCUT2D eigenvalue weighted by Gasteiger charge is -2.21. The van der Waals surface area contributed by atoms with Crippen molar-refractivity contribution in [3.63, 3.8) is 0 Å². The van der Waals surface area contributed by atoms with Crippen molar-refractivity contribution in [2.75, 3.05) is 31.1 Å². The van der Waals surface area contributed by atoms with Gasteiger partial charge in [-0.15, -0.1) is 0 Å². The summed E-state index contributed by atoms with van der Waals surface area (Å²) in [6.07, 6.45) is 2.22. The topological polar surface area (TPSA) is 41.0 Å². The molecule has 0 atom stereocenters. The molecule has 0 amide bonds. The first kappa shape index (κ1) is 22.2. The molecule has 0 saturated heterocycles.